The second-order valence-electron chi connectivity index (χ2n) is 5.78. The highest BCUT2D eigenvalue weighted by atomic mass is 16.5. The van der Waals surface area contributed by atoms with E-state index in [1.807, 2.05) is 32.0 Å². The van der Waals surface area contributed by atoms with E-state index in [9.17, 15) is 4.79 Å². The molecule has 0 radical (unpaired) electrons. The number of rotatable bonds is 8. The third kappa shape index (κ3) is 5.34. The molecule has 0 spiro atoms. The topological polar surface area (TPSA) is 85.4 Å². The number of anilines is 1. The van der Waals surface area contributed by atoms with E-state index in [0.29, 0.717) is 36.0 Å². The molecule has 2 rings (SSSR count). The number of ether oxygens (including phenoxy) is 2. The minimum Gasteiger partial charge on any atom is -0.493 e. The lowest BCUT2D eigenvalue weighted by molar-refractivity contribution is 0.0949. The van der Waals surface area contributed by atoms with Crippen LogP contribution in [0.4, 0.5) is 5.82 Å². The Balaban J connectivity index is 1.88. The fraction of sp³-hybridized carbons (Fsp3) is 0.389. The lowest BCUT2D eigenvalue weighted by atomic mass is 10.1. The molecule has 0 fully saturated rings. The minimum atomic E-state index is -0.246. The SMILES string of the molecule is COc1ccc(CCNC(=O)c2cnc(NC(C)C)cn2)cc1OC. The first-order valence-electron chi connectivity index (χ1n) is 8.11. The molecule has 1 aromatic carbocycles. The number of amides is 1. The molecule has 25 heavy (non-hydrogen) atoms. The van der Waals surface area contributed by atoms with Gasteiger partial charge in [-0.15, -0.1) is 0 Å². The first kappa shape index (κ1) is 18.5. The molecule has 2 aromatic rings. The van der Waals surface area contributed by atoms with Crippen LogP contribution in [0.5, 0.6) is 11.5 Å². The number of hydrogen-bond acceptors (Lipinski definition) is 6. The Morgan fingerprint density at radius 1 is 1.12 bits per heavy atom. The molecule has 0 saturated heterocycles. The Labute approximate surface area is 147 Å². The van der Waals surface area contributed by atoms with Crippen LogP contribution in [0.15, 0.2) is 30.6 Å². The van der Waals surface area contributed by atoms with Gasteiger partial charge in [0, 0.05) is 12.6 Å². The van der Waals surface area contributed by atoms with Crippen molar-refractivity contribution >= 4 is 11.7 Å². The Hall–Kier alpha value is -2.83. The van der Waals surface area contributed by atoms with E-state index < -0.39 is 0 Å². The molecule has 0 unspecified atom stereocenters. The van der Waals surface area contributed by atoms with Crippen molar-refractivity contribution in [2.75, 3.05) is 26.1 Å². The molecule has 7 heteroatoms. The molecule has 0 aliphatic carbocycles. The maximum atomic E-state index is 12.1. The van der Waals surface area contributed by atoms with Crippen molar-refractivity contribution in [2.45, 2.75) is 26.3 Å². The number of benzene rings is 1. The van der Waals surface area contributed by atoms with Crippen LogP contribution in [0, 0.1) is 0 Å². The summed E-state index contributed by atoms with van der Waals surface area (Å²) in [4.78, 5) is 20.4. The summed E-state index contributed by atoms with van der Waals surface area (Å²) in [5.74, 6) is 1.76. The van der Waals surface area contributed by atoms with Gasteiger partial charge in [0.1, 0.15) is 11.5 Å². The van der Waals surface area contributed by atoms with Gasteiger partial charge in [-0.3, -0.25) is 4.79 Å². The quantitative estimate of drug-likeness (QED) is 0.764. The molecule has 0 atom stereocenters. The second-order valence-corrected chi connectivity index (χ2v) is 5.78. The summed E-state index contributed by atoms with van der Waals surface area (Å²) in [5, 5.41) is 5.97. The molecule has 7 nitrogen and oxygen atoms in total. The van der Waals surface area contributed by atoms with Gasteiger partial charge >= 0.3 is 0 Å². The zero-order valence-corrected chi connectivity index (χ0v) is 15.0. The lowest BCUT2D eigenvalue weighted by Crippen LogP contribution is -2.26. The summed E-state index contributed by atoms with van der Waals surface area (Å²) in [5.41, 5.74) is 1.34. The highest BCUT2D eigenvalue weighted by molar-refractivity contribution is 5.92. The van der Waals surface area contributed by atoms with Crippen molar-refractivity contribution in [3.05, 3.63) is 41.9 Å². The molecular weight excluding hydrogens is 320 g/mol. The first-order valence-corrected chi connectivity index (χ1v) is 8.11. The Morgan fingerprint density at radius 2 is 1.88 bits per heavy atom. The summed E-state index contributed by atoms with van der Waals surface area (Å²) in [6.07, 6.45) is 3.70. The van der Waals surface area contributed by atoms with Gasteiger partial charge < -0.3 is 20.1 Å². The predicted octanol–water partition coefficient (Wildman–Crippen LogP) is 2.29. The second kappa shape index (κ2) is 8.86. The van der Waals surface area contributed by atoms with Gasteiger partial charge in [-0.1, -0.05) is 6.07 Å². The van der Waals surface area contributed by atoms with Crippen LogP contribution in [0.1, 0.15) is 29.9 Å². The Morgan fingerprint density at radius 3 is 2.48 bits per heavy atom. The molecule has 0 aliphatic rings. The molecule has 0 saturated carbocycles. The summed E-state index contributed by atoms with van der Waals surface area (Å²) < 4.78 is 10.5. The maximum Gasteiger partial charge on any atom is 0.271 e. The molecule has 1 amide bonds. The average Bonchev–Trinajstić information content (AvgIpc) is 2.61. The van der Waals surface area contributed by atoms with E-state index in [2.05, 4.69) is 20.6 Å². The van der Waals surface area contributed by atoms with Crippen LogP contribution >= 0.6 is 0 Å². The van der Waals surface area contributed by atoms with Gasteiger partial charge in [-0.25, -0.2) is 9.97 Å². The van der Waals surface area contributed by atoms with Gasteiger partial charge in [0.15, 0.2) is 11.5 Å². The Bertz CT molecular complexity index is 702. The van der Waals surface area contributed by atoms with Crippen LogP contribution in [-0.4, -0.2) is 42.7 Å². The Kier molecular flexibility index (Phi) is 6.56. The number of hydrogen-bond donors (Lipinski definition) is 2. The van der Waals surface area contributed by atoms with Crippen molar-refractivity contribution in [3.8, 4) is 11.5 Å². The molecule has 1 heterocycles. The smallest absolute Gasteiger partial charge is 0.271 e. The van der Waals surface area contributed by atoms with E-state index in [4.69, 9.17) is 9.47 Å². The fourth-order valence-corrected chi connectivity index (χ4v) is 2.26. The molecule has 0 aliphatic heterocycles. The molecule has 1 aromatic heterocycles. The van der Waals surface area contributed by atoms with Crippen LogP contribution in [-0.2, 0) is 6.42 Å². The zero-order valence-electron chi connectivity index (χ0n) is 15.0. The number of methoxy groups -OCH3 is 2. The third-order valence-corrected chi connectivity index (χ3v) is 3.47. The molecule has 0 bridgehead atoms. The maximum absolute atomic E-state index is 12.1. The predicted molar refractivity (Wildman–Crippen MR) is 96.4 cm³/mol. The minimum absolute atomic E-state index is 0.246. The number of nitrogens with one attached hydrogen (secondary N) is 2. The van der Waals surface area contributed by atoms with Crippen LogP contribution in [0.2, 0.25) is 0 Å². The summed E-state index contributed by atoms with van der Waals surface area (Å²) in [6.45, 7) is 4.51. The molecular formula is C18H24N4O3. The average molecular weight is 344 g/mol. The highest BCUT2D eigenvalue weighted by Gasteiger charge is 2.09. The third-order valence-electron chi connectivity index (χ3n) is 3.47. The van der Waals surface area contributed by atoms with Gasteiger partial charge in [-0.2, -0.15) is 0 Å². The number of carbonyl (C=O) groups is 1. The van der Waals surface area contributed by atoms with Crippen LogP contribution in [0.25, 0.3) is 0 Å². The summed E-state index contributed by atoms with van der Waals surface area (Å²) in [7, 11) is 3.20. The van der Waals surface area contributed by atoms with Crippen molar-refractivity contribution in [1.29, 1.82) is 0 Å². The van der Waals surface area contributed by atoms with E-state index in [1.54, 1.807) is 20.4 Å². The summed E-state index contributed by atoms with van der Waals surface area (Å²) in [6, 6.07) is 5.95. The standard InChI is InChI=1S/C18H24N4O3/c1-12(2)22-17-11-20-14(10-21-17)18(23)19-8-7-13-5-6-15(24-3)16(9-13)25-4/h5-6,9-12H,7-8H2,1-4H3,(H,19,23)(H,21,22). The number of carbonyl (C=O) groups excluding carboxylic acids is 1. The van der Waals surface area contributed by atoms with E-state index in [1.165, 1.54) is 6.20 Å². The zero-order chi connectivity index (χ0) is 18.2. The molecule has 134 valence electrons. The monoisotopic (exact) mass is 344 g/mol. The largest absolute Gasteiger partial charge is 0.493 e. The van der Waals surface area contributed by atoms with Gasteiger partial charge in [0.05, 0.1) is 26.6 Å². The van der Waals surface area contributed by atoms with Crippen molar-refractivity contribution < 1.29 is 14.3 Å². The summed E-state index contributed by atoms with van der Waals surface area (Å²) >= 11 is 0. The van der Waals surface area contributed by atoms with Gasteiger partial charge in [-0.05, 0) is 38.0 Å². The molecule has 2 N–H and O–H groups in total. The fourth-order valence-electron chi connectivity index (χ4n) is 2.26. The number of aromatic nitrogens is 2. The van der Waals surface area contributed by atoms with Gasteiger partial charge in [0.25, 0.3) is 5.91 Å². The highest BCUT2D eigenvalue weighted by Crippen LogP contribution is 2.27. The van der Waals surface area contributed by atoms with Crippen LogP contribution in [0.3, 0.4) is 0 Å². The van der Waals surface area contributed by atoms with E-state index in [-0.39, 0.29) is 11.9 Å². The number of nitrogens with zero attached hydrogens (tertiary/aromatic N) is 2. The van der Waals surface area contributed by atoms with Gasteiger partial charge in [0.2, 0.25) is 0 Å². The van der Waals surface area contributed by atoms with Crippen LogP contribution < -0.4 is 20.1 Å². The lowest BCUT2D eigenvalue weighted by Gasteiger charge is -2.10. The normalized spacial score (nSPS) is 10.4. The van der Waals surface area contributed by atoms with Crippen molar-refractivity contribution in [2.24, 2.45) is 0 Å². The van der Waals surface area contributed by atoms with E-state index in [0.717, 1.165) is 5.56 Å². The first-order chi connectivity index (χ1) is 12.0. The van der Waals surface area contributed by atoms with Crippen molar-refractivity contribution in [3.63, 3.8) is 0 Å². The van der Waals surface area contributed by atoms with E-state index >= 15 is 0 Å². The van der Waals surface area contributed by atoms with Crippen molar-refractivity contribution in [1.82, 2.24) is 15.3 Å².